The number of nitrogens with zero attached hydrogens (tertiary/aromatic N) is 1. The average Bonchev–Trinajstić information content (AvgIpc) is 3.31. The predicted octanol–water partition coefficient (Wildman–Crippen LogP) is 3.01. The molecular formula is C18H15F3N2O5. The summed E-state index contributed by atoms with van der Waals surface area (Å²) in [5.74, 6) is -3.26. The summed E-state index contributed by atoms with van der Waals surface area (Å²) in [6.45, 7) is -1.30. The summed E-state index contributed by atoms with van der Waals surface area (Å²) >= 11 is 0. The molecule has 2 amide bonds. The third-order valence-corrected chi connectivity index (χ3v) is 4.62. The number of carboxylic acid groups (broad SMARTS) is 1. The minimum atomic E-state index is -4.98. The van der Waals surface area contributed by atoms with Crippen LogP contribution >= 0.6 is 0 Å². The minimum absolute atomic E-state index is 0.0283. The molecule has 2 aromatic rings. The maximum atomic E-state index is 13.3. The first-order chi connectivity index (χ1) is 13.1. The van der Waals surface area contributed by atoms with Gasteiger partial charge >= 0.3 is 12.1 Å². The van der Waals surface area contributed by atoms with E-state index in [-0.39, 0.29) is 23.6 Å². The molecule has 1 aromatic heterocycles. The second-order valence-electron chi connectivity index (χ2n) is 6.37. The molecule has 7 nitrogen and oxygen atoms in total. The fourth-order valence-electron chi connectivity index (χ4n) is 3.02. The molecule has 0 saturated carbocycles. The van der Waals surface area contributed by atoms with Crippen molar-refractivity contribution in [2.24, 2.45) is 5.41 Å². The summed E-state index contributed by atoms with van der Waals surface area (Å²) in [7, 11) is 0. The molecule has 10 heteroatoms. The number of hydrogen-bond acceptors (Lipinski definition) is 4. The number of hydrogen-bond donors (Lipinski definition) is 2. The van der Waals surface area contributed by atoms with Crippen LogP contribution in [0.2, 0.25) is 0 Å². The number of aliphatic carboxylic acids is 1. The molecule has 2 heterocycles. The summed E-state index contributed by atoms with van der Waals surface area (Å²) in [4.78, 5) is 36.7. The van der Waals surface area contributed by atoms with Gasteiger partial charge in [0, 0.05) is 24.3 Å². The molecule has 1 unspecified atom stereocenters. The Kier molecular flexibility index (Phi) is 4.88. The van der Waals surface area contributed by atoms with Crippen molar-refractivity contribution >= 4 is 23.5 Å². The fraction of sp³-hybridized carbons (Fsp3) is 0.278. The van der Waals surface area contributed by atoms with E-state index in [2.05, 4.69) is 5.32 Å². The topological polar surface area (TPSA) is 99.9 Å². The Balaban J connectivity index is 1.77. The Bertz CT molecular complexity index is 910. The lowest BCUT2D eigenvalue weighted by molar-refractivity contribution is -0.227. The van der Waals surface area contributed by atoms with Gasteiger partial charge in [0.15, 0.2) is 11.2 Å². The summed E-state index contributed by atoms with van der Waals surface area (Å²) < 4.78 is 44.8. The molecule has 2 N–H and O–H groups in total. The van der Waals surface area contributed by atoms with Crippen molar-refractivity contribution in [3.63, 3.8) is 0 Å². The number of rotatable bonds is 4. The van der Waals surface area contributed by atoms with E-state index in [1.54, 1.807) is 0 Å². The number of anilines is 1. The predicted molar refractivity (Wildman–Crippen MR) is 89.7 cm³/mol. The average molecular weight is 396 g/mol. The molecule has 0 spiro atoms. The van der Waals surface area contributed by atoms with E-state index in [9.17, 15) is 27.6 Å². The largest absolute Gasteiger partial charge is 0.481 e. The zero-order valence-corrected chi connectivity index (χ0v) is 14.3. The van der Waals surface area contributed by atoms with Crippen LogP contribution in [0, 0.1) is 5.41 Å². The SMILES string of the molecule is O=C(Nc1cccc(C(=O)N2CCC(C(=O)O)(C(F)(F)F)C2)c1)c1ccco1. The van der Waals surface area contributed by atoms with Crippen molar-refractivity contribution in [3.8, 4) is 0 Å². The second-order valence-corrected chi connectivity index (χ2v) is 6.37. The number of carboxylic acids is 1. The van der Waals surface area contributed by atoms with Crippen LogP contribution in [-0.2, 0) is 4.79 Å². The maximum absolute atomic E-state index is 13.3. The zero-order valence-electron chi connectivity index (χ0n) is 14.3. The lowest BCUT2D eigenvalue weighted by atomic mass is 9.86. The molecular weight excluding hydrogens is 381 g/mol. The summed E-state index contributed by atoms with van der Waals surface area (Å²) in [6, 6.07) is 8.60. The van der Waals surface area contributed by atoms with E-state index in [1.165, 1.54) is 42.7 Å². The van der Waals surface area contributed by atoms with Crippen LogP contribution in [0.25, 0.3) is 0 Å². The minimum Gasteiger partial charge on any atom is -0.481 e. The van der Waals surface area contributed by atoms with E-state index < -0.39 is 42.3 Å². The lowest BCUT2D eigenvalue weighted by Crippen LogP contribution is -2.47. The number of carbonyl (C=O) groups excluding carboxylic acids is 2. The van der Waals surface area contributed by atoms with Gasteiger partial charge in [-0.15, -0.1) is 0 Å². The monoisotopic (exact) mass is 396 g/mol. The van der Waals surface area contributed by atoms with E-state index in [0.29, 0.717) is 0 Å². The smallest absolute Gasteiger partial charge is 0.406 e. The highest BCUT2D eigenvalue weighted by molar-refractivity contribution is 6.03. The summed E-state index contributed by atoms with van der Waals surface area (Å²) in [6.07, 6.45) is -4.38. The molecule has 148 valence electrons. The molecule has 1 saturated heterocycles. The molecule has 1 aliphatic rings. The van der Waals surface area contributed by atoms with Gasteiger partial charge in [0.05, 0.1) is 6.26 Å². The van der Waals surface area contributed by atoms with Gasteiger partial charge in [-0.1, -0.05) is 6.07 Å². The van der Waals surface area contributed by atoms with E-state index in [4.69, 9.17) is 9.52 Å². The number of amides is 2. The van der Waals surface area contributed by atoms with Crippen LogP contribution in [0.15, 0.2) is 47.1 Å². The first-order valence-electron chi connectivity index (χ1n) is 8.18. The van der Waals surface area contributed by atoms with Crippen molar-refractivity contribution in [2.75, 3.05) is 18.4 Å². The van der Waals surface area contributed by atoms with Crippen molar-refractivity contribution in [2.45, 2.75) is 12.6 Å². The number of halogens is 3. The maximum Gasteiger partial charge on any atom is 0.406 e. The molecule has 0 aliphatic carbocycles. The molecule has 28 heavy (non-hydrogen) atoms. The molecule has 3 rings (SSSR count). The number of furan rings is 1. The molecule has 0 radical (unpaired) electrons. The van der Waals surface area contributed by atoms with Gasteiger partial charge in [0.2, 0.25) is 0 Å². The standard InChI is InChI=1S/C18H15F3N2O5/c19-18(20,21)17(16(26)27)6-7-23(10-17)15(25)11-3-1-4-12(9-11)22-14(24)13-5-2-8-28-13/h1-5,8-9H,6-7,10H2,(H,22,24)(H,26,27). The van der Waals surface area contributed by atoms with Gasteiger partial charge in [-0.2, -0.15) is 13.2 Å². The van der Waals surface area contributed by atoms with Gasteiger partial charge in [-0.3, -0.25) is 14.4 Å². The highest BCUT2D eigenvalue weighted by atomic mass is 19.4. The highest BCUT2D eigenvalue weighted by Crippen LogP contribution is 2.46. The number of alkyl halides is 3. The van der Waals surface area contributed by atoms with Gasteiger partial charge in [0.1, 0.15) is 0 Å². The van der Waals surface area contributed by atoms with E-state index in [1.807, 2.05) is 0 Å². The summed E-state index contributed by atoms with van der Waals surface area (Å²) in [5, 5.41) is 11.6. The van der Waals surface area contributed by atoms with Crippen LogP contribution in [0.3, 0.4) is 0 Å². The first kappa shape index (κ1) is 19.5. The van der Waals surface area contributed by atoms with Gasteiger partial charge in [0.25, 0.3) is 11.8 Å². The van der Waals surface area contributed by atoms with Crippen LogP contribution in [0.5, 0.6) is 0 Å². The van der Waals surface area contributed by atoms with Crippen molar-refractivity contribution in [1.29, 1.82) is 0 Å². The van der Waals surface area contributed by atoms with Crippen LogP contribution in [-0.4, -0.2) is 47.1 Å². The van der Waals surface area contributed by atoms with E-state index in [0.717, 1.165) is 4.90 Å². The zero-order chi connectivity index (χ0) is 20.5. The Morgan fingerprint density at radius 2 is 1.93 bits per heavy atom. The lowest BCUT2D eigenvalue weighted by Gasteiger charge is -2.27. The number of benzene rings is 1. The van der Waals surface area contributed by atoms with Crippen LogP contribution < -0.4 is 5.32 Å². The quantitative estimate of drug-likeness (QED) is 0.828. The Hall–Kier alpha value is -3.30. The fourth-order valence-corrected chi connectivity index (χ4v) is 3.02. The third kappa shape index (κ3) is 3.45. The van der Waals surface area contributed by atoms with Crippen molar-refractivity contribution < 1.29 is 37.1 Å². The number of likely N-dealkylation sites (tertiary alicyclic amines) is 1. The first-order valence-corrected chi connectivity index (χ1v) is 8.18. The highest BCUT2D eigenvalue weighted by Gasteiger charge is 2.64. The molecule has 1 fully saturated rings. The Morgan fingerprint density at radius 3 is 2.50 bits per heavy atom. The molecule has 0 bridgehead atoms. The van der Waals surface area contributed by atoms with Crippen LogP contribution in [0.4, 0.5) is 18.9 Å². The number of carbonyl (C=O) groups is 3. The molecule has 1 aliphatic heterocycles. The van der Waals surface area contributed by atoms with Crippen molar-refractivity contribution in [3.05, 3.63) is 54.0 Å². The molecule has 1 atom stereocenters. The van der Waals surface area contributed by atoms with Crippen molar-refractivity contribution in [1.82, 2.24) is 4.90 Å². The Morgan fingerprint density at radius 1 is 1.18 bits per heavy atom. The normalized spacial score (nSPS) is 19.5. The van der Waals surface area contributed by atoms with E-state index >= 15 is 0 Å². The summed E-state index contributed by atoms with van der Waals surface area (Å²) in [5.41, 5.74) is -2.71. The van der Waals surface area contributed by atoms with Gasteiger partial charge in [-0.05, 0) is 36.8 Å². The number of nitrogens with one attached hydrogen (secondary N) is 1. The van der Waals surface area contributed by atoms with Crippen LogP contribution in [0.1, 0.15) is 27.3 Å². The third-order valence-electron chi connectivity index (χ3n) is 4.62. The van der Waals surface area contributed by atoms with Gasteiger partial charge in [-0.25, -0.2) is 0 Å². The second kappa shape index (κ2) is 7.02. The Labute approximate surface area is 156 Å². The molecule has 1 aromatic carbocycles. The van der Waals surface area contributed by atoms with Gasteiger partial charge < -0.3 is 19.7 Å².